The highest BCUT2D eigenvalue weighted by Crippen LogP contribution is 2.48. The molecule has 212 valence electrons. The summed E-state index contributed by atoms with van der Waals surface area (Å²) in [5.74, 6) is 1.28. The zero-order valence-corrected chi connectivity index (χ0v) is 24.7. The van der Waals surface area contributed by atoms with Gasteiger partial charge in [-0.1, -0.05) is 50.6 Å². The van der Waals surface area contributed by atoms with E-state index in [2.05, 4.69) is 57.3 Å². The summed E-state index contributed by atoms with van der Waals surface area (Å²) in [4.78, 5) is 28.7. The first kappa shape index (κ1) is 28.2. The van der Waals surface area contributed by atoms with Crippen molar-refractivity contribution in [3.63, 3.8) is 0 Å². The molecule has 2 atom stereocenters. The molecule has 3 heterocycles. The number of fused-ring (bicyclic) bond motifs is 1. The highest BCUT2D eigenvalue weighted by Gasteiger charge is 2.40. The average Bonchev–Trinajstić information content (AvgIpc) is 3.56. The Kier molecular flexibility index (Phi) is 8.24. The van der Waals surface area contributed by atoms with Gasteiger partial charge < -0.3 is 14.8 Å². The van der Waals surface area contributed by atoms with Crippen molar-refractivity contribution in [3.8, 4) is 11.4 Å². The zero-order valence-electron chi connectivity index (χ0n) is 23.9. The maximum Gasteiger partial charge on any atom is 0.240 e. The molecule has 0 spiro atoms. The molecule has 0 saturated carbocycles. The number of benzene rings is 2. The van der Waals surface area contributed by atoms with Crippen molar-refractivity contribution in [2.75, 3.05) is 37.5 Å². The Bertz CT molecular complexity index is 1370. The molecule has 2 aliphatic rings. The number of carbonyl (C=O) groups is 2. The lowest BCUT2D eigenvalue weighted by Crippen LogP contribution is -2.44. The van der Waals surface area contributed by atoms with Gasteiger partial charge in [-0.25, -0.2) is 4.68 Å². The third kappa shape index (κ3) is 5.90. The Balaban J connectivity index is 1.65. The predicted octanol–water partition coefficient (Wildman–Crippen LogP) is 4.95. The Morgan fingerprint density at radius 2 is 1.98 bits per heavy atom. The maximum atomic E-state index is 13.8. The van der Waals surface area contributed by atoms with Crippen LogP contribution in [0.2, 0.25) is 0 Å². The van der Waals surface area contributed by atoms with Crippen LogP contribution in [0.5, 0.6) is 5.75 Å². The highest BCUT2D eigenvalue weighted by atomic mass is 32.2. The summed E-state index contributed by atoms with van der Waals surface area (Å²) < 4.78 is 12.9. The minimum absolute atomic E-state index is 0.0259. The van der Waals surface area contributed by atoms with E-state index < -0.39 is 0 Å². The Labute approximate surface area is 240 Å². The van der Waals surface area contributed by atoms with E-state index in [0.717, 1.165) is 53.3 Å². The average molecular weight is 563 g/mol. The lowest BCUT2D eigenvalue weighted by molar-refractivity contribution is -0.123. The van der Waals surface area contributed by atoms with Gasteiger partial charge in [0.05, 0.1) is 35.6 Å². The molecule has 0 aliphatic carbocycles. The molecule has 0 bridgehead atoms. The van der Waals surface area contributed by atoms with E-state index in [1.165, 1.54) is 0 Å². The Hall–Kier alpha value is -3.30. The summed E-state index contributed by atoms with van der Waals surface area (Å²) in [6.45, 7) is 9.56. The van der Waals surface area contributed by atoms with Gasteiger partial charge in [-0.05, 0) is 49.6 Å². The van der Waals surface area contributed by atoms with Crippen LogP contribution in [-0.4, -0.2) is 60.3 Å². The molecule has 40 heavy (non-hydrogen) atoms. The number of anilines is 1. The van der Waals surface area contributed by atoms with Crippen LogP contribution < -0.4 is 15.0 Å². The fourth-order valence-electron chi connectivity index (χ4n) is 5.31. The number of hydrogen-bond acceptors (Lipinski definition) is 6. The minimum Gasteiger partial charge on any atom is -0.497 e. The largest absolute Gasteiger partial charge is 0.497 e. The van der Waals surface area contributed by atoms with Gasteiger partial charge in [0.25, 0.3) is 0 Å². The van der Waals surface area contributed by atoms with Crippen LogP contribution in [-0.2, 0) is 19.7 Å². The van der Waals surface area contributed by atoms with Crippen molar-refractivity contribution < 1.29 is 19.1 Å². The summed E-state index contributed by atoms with van der Waals surface area (Å²) in [5.41, 5.74) is 4.61. The number of nitrogens with one attached hydrogen (secondary N) is 1. The zero-order chi connectivity index (χ0) is 28.4. The fourth-order valence-corrected chi connectivity index (χ4v) is 6.49. The number of hydrogen-bond donors (Lipinski definition) is 1. The molecule has 1 fully saturated rings. The van der Waals surface area contributed by atoms with Crippen molar-refractivity contribution in [2.45, 2.75) is 57.3 Å². The molecule has 0 unspecified atom stereocenters. The third-order valence-electron chi connectivity index (χ3n) is 7.31. The number of nitrogens with zero attached hydrogens (tertiary/aromatic N) is 3. The van der Waals surface area contributed by atoms with E-state index in [-0.39, 0.29) is 40.9 Å². The number of ether oxygens (including phenoxy) is 2. The summed E-state index contributed by atoms with van der Waals surface area (Å²) in [6, 6.07) is 16.0. The van der Waals surface area contributed by atoms with Crippen LogP contribution >= 0.6 is 11.8 Å². The number of rotatable bonds is 7. The number of methoxy groups -OCH3 is 1. The molecular weight excluding hydrogens is 524 g/mol. The molecule has 1 aromatic heterocycles. The molecule has 1 saturated heterocycles. The standard InChI is InChI=1S/C31H38N4O4S/c1-20-8-6-9-21(16-20)28-27-29(31(2,3)4)33-35(22-11-13-23(38-5)14-12-22)30(27)34(26(37)19-40-28)18-25(36)32-17-24-10-7-15-39-24/h6,8-9,11-14,16,24,28H,7,10,15,17-19H2,1-5H3,(H,32,36)/t24-,28-/m1/s1. The SMILES string of the molecule is COc1ccc(-n2nc(C(C)(C)C)c3c2N(CC(=O)NC[C@H]2CCCO2)C(=O)CS[C@@H]3c2cccc(C)c2)cc1. The smallest absolute Gasteiger partial charge is 0.240 e. The van der Waals surface area contributed by atoms with Gasteiger partial charge in [0.1, 0.15) is 18.1 Å². The summed E-state index contributed by atoms with van der Waals surface area (Å²) >= 11 is 1.59. The van der Waals surface area contributed by atoms with Crippen LogP contribution in [0, 0.1) is 6.92 Å². The fraction of sp³-hybridized carbons (Fsp3) is 0.452. The minimum atomic E-state index is -0.314. The number of amides is 2. The van der Waals surface area contributed by atoms with Gasteiger partial charge in [-0.2, -0.15) is 5.10 Å². The topological polar surface area (TPSA) is 85.7 Å². The quantitative estimate of drug-likeness (QED) is 0.439. The molecule has 1 N–H and O–H groups in total. The second-order valence-electron chi connectivity index (χ2n) is 11.5. The molecule has 3 aromatic rings. The van der Waals surface area contributed by atoms with E-state index in [4.69, 9.17) is 14.6 Å². The van der Waals surface area contributed by atoms with Gasteiger partial charge in [0.15, 0.2) is 0 Å². The van der Waals surface area contributed by atoms with Gasteiger partial charge in [0, 0.05) is 24.1 Å². The summed E-state index contributed by atoms with van der Waals surface area (Å²) in [5, 5.41) is 8.02. The van der Waals surface area contributed by atoms with E-state index >= 15 is 0 Å². The van der Waals surface area contributed by atoms with Gasteiger partial charge in [-0.15, -0.1) is 11.8 Å². The van der Waals surface area contributed by atoms with Crippen molar-refractivity contribution in [2.24, 2.45) is 0 Å². The molecule has 2 aromatic carbocycles. The van der Waals surface area contributed by atoms with Crippen molar-refractivity contribution >= 4 is 29.4 Å². The van der Waals surface area contributed by atoms with Crippen molar-refractivity contribution in [1.82, 2.24) is 15.1 Å². The van der Waals surface area contributed by atoms with Crippen molar-refractivity contribution in [1.29, 1.82) is 0 Å². The van der Waals surface area contributed by atoms with E-state index in [1.807, 2.05) is 28.9 Å². The molecular formula is C31H38N4O4S. The number of carbonyl (C=O) groups excluding carboxylic acids is 2. The first-order valence-corrected chi connectivity index (χ1v) is 14.8. The second-order valence-corrected chi connectivity index (χ2v) is 12.6. The number of thioether (sulfide) groups is 1. The summed E-state index contributed by atoms with van der Waals surface area (Å²) in [7, 11) is 1.63. The molecule has 5 rings (SSSR count). The molecule has 2 amide bonds. The normalized spacial score (nSPS) is 19.3. The van der Waals surface area contributed by atoms with Crippen LogP contribution in [0.3, 0.4) is 0 Å². The highest BCUT2D eigenvalue weighted by molar-refractivity contribution is 8.00. The second kappa shape index (κ2) is 11.7. The van der Waals surface area contributed by atoms with Crippen LogP contribution in [0.1, 0.15) is 61.2 Å². The summed E-state index contributed by atoms with van der Waals surface area (Å²) in [6.07, 6.45) is 1.96. The van der Waals surface area contributed by atoms with Crippen molar-refractivity contribution in [3.05, 3.63) is 70.9 Å². The van der Waals surface area contributed by atoms with E-state index in [9.17, 15) is 9.59 Å². The van der Waals surface area contributed by atoms with E-state index in [0.29, 0.717) is 12.4 Å². The van der Waals surface area contributed by atoms with Crippen LogP contribution in [0.25, 0.3) is 5.69 Å². The van der Waals surface area contributed by atoms with Crippen LogP contribution in [0.4, 0.5) is 5.82 Å². The lowest BCUT2D eigenvalue weighted by Gasteiger charge is -2.25. The maximum absolute atomic E-state index is 13.8. The molecule has 9 heteroatoms. The molecule has 2 aliphatic heterocycles. The first-order chi connectivity index (χ1) is 19.2. The monoisotopic (exact) mass is 562 g/mol. The van der Waals surface area contributed by atoms with Gasteiger partial charge in [0.2, 0.25) is 11.8 Å². The number of aromatic nitrogens is 2. The van der Waals surface area contributed by atoms with E-state index in [1.54, 1.807) is 23.8 Å². The first-order valence-electron chi connectivity index (χ1n) is 13.8. The molecule has 0 radical (unpaired) electrons. The van der Waals surface area contributed by atoms with Gasteiger partial charge in [-0.3, -0.25) is 14.5 Å². The molecule has 8 nitrogen and oxygen atoms in total. The predicted molar refractivity (Wildman–Crippen MR) is 159 cm³/mol. The Morgan fingerprint density at radius 3 is 2.62 bits per heavy atom. The Morgan fingerprint density at radius 1 is 1.20 bits per heavy atom. The van der Waals surface area contributed by atoms with Gasteiger partial charge >= 0.3 is 0 Å². The third-order valence-corrected chi connectivity index (χ3v) is 8.57. The number of aryl methyl sites for hydroxylation is 1. The van der Waals surface area contributed by atoms with Crippen LogP contribution in [0.15, 0.2) is 48.5 Å². The lowest BCUT2D eigenvalue weighted by atomic mass is 9.87.